The van der Waals surface area contributed by atoms with Crippen LogP contribution in [0, 0.1) is 13.8 Å². The predicted octanol–water partition coefficient (Wildman–Crippen LogP) is 4.38. The first-order chi connectivity index (χ1) is 13.0. The first-order valence-corrected chi connectivity index (χ1v) is 11.4. The highest BCUT2D eigenvalue weighted by molar-refractivity contribution is 7.92. The van der Waals surface area contributed by atoms with Gasteiger partial charge in [-0.2, -0.15) is 0 Å². The molecule has 152 valence electrons. The van der Waals surface area contributed by atoms with Gasteiger partial charge in [-0.25, -0.2) is 8.42 Å². The van der Waals surface area contributed by atoms with Gasteiger partial charge in [-0.05, 0) is 62.6 Å². The number of carbonyl (C=O) groups excluding carboxylic acids is 1. The van der Waals surface area contributed by atoms with Gasteiger partial charge in [0.1, 0.15) is 6.04 Å². The fourth-order valence-corrected chi connectivity index (χ4v) is 4.61. The lowest BCUT2D eigenvalue weighted by molar-refractivity contribution is -0.122. The number of anilines is 1. The van der Waals surface area contributed by atoms with Crippen LogP contribution in [0.4, 0.5) is 5.69 Å². The number of nitrogens with zero attached hydrogens (tertiary/aromatic N) is 1. The molecule has 0 saturated heterocycles. The second kappa shape index (κ2) is 8.97. The Morgan fingerprint density at radius 1 is 1.14 bits per heavy atom. The lowest BCUT2D eigenvalue weighted by Gasteiger charge is -2.30. The number of hydrogen-bond donors (Lipinski definition) is 1. The maximum Gasteiger partial charge on any atom is 0.244 e. The molecule has 0 aromatic heterocycles. The number of nitrogens with one attached hydrogen (secondary N) is 1. The van der Waals surface area contributed by atoms with E-state index in [9.17, 15) is 13.2 Å². The van der Waals surface area contributed by atoms with Crippen molar-refractivity contribution in [3.63, 3.8) is 0 Å². The molecular formula is C21H27ClN2O3S. The molecule has 0 aliphatic rings. The zero-order valence-corrected chi connectivity index (χ0v) is 18.4. The van der Waals surface area contributed by atoms with Crippen LogP contribution < -0.4 is 9.62 Å². The van der Waals surface area contributed by atoms with Crippen LogP contribution in [0.3, 0.4) is 0 Å². The Balaban J connectivity index is 2.30. The summed E-state index contributed by atoms with van der Waals surface area (Å²) >= 11 is 5.91. The lowest BCUT2D eigenvalue weighted by Crippen LogP contribution is -2.48. The van der Waals surface area contributed by atoms with Crippen LogP contribution in [0.1, 0.15) is 43.0 Å². The average Bonchev–Trinajstić information content (AvgIpc) is 2.60. The van der Waals surface area contributed by atoms with E-state index in [4.69, 9.17) is 11.6 Å². The van der Waals surface area contributed by atoms with Crippen molar-refractivity contribution in [1.29, 1.82) is 0 Å². The standard InChI is InChI=1S/C21H27ClN2O3S/c1-6-20(19-12-7-14(2)13-15(19)3)23-21(25)16(4)24(28(5,26)27)18-10-8-17(22)9-11-18/h7-13,16,20H,6H2,1-5H3,(H,23,25)/t16-,20+/m0/s1. The first kappa shape index (κ1) is 22.2. The van der Waals surface area contributed by atoms with Crippen LogP contribution in [0.15, 0.2) is 42.5 Å². The quantitative estimate of drug-likeness (QED) is 0.720. The molecule has 2 aromatic rings. The van der Waals surface area contributed by atoms with Gasteiger partial charge < -0.3 is 5.32 Å². The maximum absolute atomic E-state index is 12.9. The van der Waals surface area contributed by atoms with Crippen LogP contribution in [0.5, 0.6) is 0 Å². The summed E-state index contributed by atoms with van der Waals surface area (Å²) in [4.78, 5) is 12.9. The lowest BCUT2D eigenvalue weighted by atomic mass is 9.97. The number of amides is 1. The molecule has 2 aromatic carbocycles. The second-order valence-electron chi connectivity index (χ2n) is 7.04. The van der Waals surface area contributed by atoms with Crippen molar-refractivity contribution in [3.05, 3.63) is 64.2 Å². The monoisotopic (exact) mass is 422 g/mol. The fourth-order valence-electron chi connectivity index (χ4n) is 3.31. The summed E-state index contributed by atoms with van der Waals surface area (Å²) in [6.45, 7) is 7.60. The molecule has 1 N–H and O–H groups in total. The van der Waals surface area contributed by atoms with Crippen LogP contribution >= 0.6 is 11.6 Å². The Kier molecular flexibility index (Phi) is 7.12. The normalized spacial score (nSPS) is 13.6. The summed E-state index contributed by atoms with van der Waals surface area (Å²) in [6.07, 6.45) is 1.79. The number of rotatable bonds is 7. The van der Waals surface area contributed by atoms with Crippen LogP contribution in [-0.2, 0) is 14.8 Å². The fraction of sp³-hybridized carbons (Fsp3) is 0.381. The third-order valence-corrected chi connectivity index (χ3v) is 6.19. The molecule has 2 atom stereocenters. The average molecular weight is 423 g/mol. The van der Waals surface area contributed by atoms with Crippen LogP contribution in [0.2, 0.25) is 5.02 Å². The molecule has 0 unspecified atom stereocenters. The summed E-state index contributed by atoms with van der Waals surface area (Å²) in [6, 6.07) is 11.4. The molecule has 0 heterocycles. The van der Waals surface area contributed by atoms with Crippen molar-refractivity contribution in [2.24, 2.45) is 0 Å². The molecule has 0 spiro atoms. The van der Waals surface area contributed by atoms with Gasteiger partial charge in [0.05, 0.1) is 18.0 Å². The molecule has 28 heavy (non-hydrogen) atoms. The second-order valence-corrected chi connectivity index (χ2v) is 9.34. The van der Waals surface area contributed by atoms with Gasteiger partial charge in [0.2, 0.25) is 15.9 Å². The topological polar surface area (TPSA) is 66.5 Å². The minimum atomic E-state index is -3.67. The van der Waals surface area contributed by atoms with Gasteiger partial charge in [0.15, 0.2) is 0 Å². The molecule has 0 fully saturated rings. The Morgan fingerprint density at radius 3 is 2.25 bits per heavy atom. The SMILES string of the molecule is CC[C@@H](NC(=O)[C@H](C)N(c1ccc(Cl)cc1)S(C)(=O)=O)c1ccc(C)cc1C. The molecule has 5 nitrogen and oxygen atoms in total. The van der Waals surface area contributed by atoms with E-state index in [-0.39, 0.29) is 11.9 Å². The van der Waals surface area contributed by atoms with Gasteiger partial charge in [-0.1, -0.05) is 42.3 Å². The Morgan fingerprint density at radius 2 is 1.75 bits per heavy atom. The Bertz CT molecular complexity index is 943. The van der Waals surface area contributed by atoms with E-state index in [2.05, 4.69) is 11.4 Å². The molecule has 0 bridgehead atoms. The highest BCUT2D eigenvalue weighted by Crippen LogP contribution is 2.25. The Hall–Kier alpha value is -2.05. The van der Waals surface area contributed by atoms with Crippen molar-refractivity contribution in [2.75, 3.05) is 10.6 Å². The molecule has 0 radical (unpaired) electrons. The smallest absolute Gasteiger partial charge is 0.244 e. The first-order valence-electron chi connectivity index (χ1n) is 9.17. The van der Waals surface area contributed by atoms with E-state index in [1.54, 1.807) is 31.2 Å². The molecule has 1 amide bonds. The van der Waals surface area contributed by atoms with Gasteiger partial charge in [-0.3, -0.25) is 9.10 Å². The molecule has 0 aliphatic heterocycles. The highest BCUT2D eigenvalue weighted by Gasteiger charge is 2.30. The van der Waals surface area contributed by atoms with E-state index < -0.39 is 16.1 Å². The van der Waals surface area contributed by atoms with Gasteiger partial charge in [0.25, 0.3) is 0 Å². The zero-order valence-electron chi connectivity index (χ0n) is 16.9. The number of halogens is 1. The van der Waals surface area contributed by atoms with E-state index in [1.807, 2.05) is 32.9 Å². The van der Waals surface area contributed by atoms with Crippen LogP contribution in [-0.4, -0.2) is 26.6 Å². The van der Waals surface area contributed by atoms with E-state index in [1.165, 1.54) is 0 Å². The van der Waals surface area contributed by atoms with E-state index in [0.29, 0.717) is 17.1 Å². The number of hydrogen-bond acceptors (Lipinski definition) is 3. The minimum absolute atomic E-state index is 0.192. The summed E-state index contributed by atoms with van der Waals surface area (Å²) in [7, 11) is -3.67. The molecule has 0 aliphatic carbocycles. The molecular weight excluding hydrogens is 396 g/mol. The largest absolute Gasteiger partial charge is 0.347 e. The van der Waals surface area contributed by atoms with Gasteiger partial charge in [-0.15, -0.1) is 0 Å². The minimum Gasteiger partial charge on any atom is -0.347 e. The Labute approximate surface area is 172 Å². The number of aryl methyl sites for hydroxylation is 2. The molecule has 2 rings (SSSR count). The number of carbonyl (C=O) groups is 1. The molecule has 7 heteroatoms. The maximum atomic E-state index is 12.9. The summed E-state index contributed by atoms with van der Waals surface area (Å²) in [5.41, 5.74) is 3.68. The highest BCUT2D eigenvalue weighted by atomic mass is 35.5. The third-order valence-electron chi connectivity index (χ3n) is 4.70. The third kappa shape index (κ3) is 5.26. The van der Waals surface area contributed by atoms with Gasteiger partial charge >= 0.3 is 0 Å². The van der Waals surface area contributed by atoms with Crippen molar-refractivity contribution in [3.8, 4) is 0 Å². The number of benzene rings is 2. The summed E-state index contributed by atoms with van der Waals surface area (Å²) in [5.74, 6) is -0.354. The van der Waals surface area contributed by atoms with Crippen molar-refractivity contribution >= 4 is 33.2 Å². The predicted molar refractivity (Wildman–Crippen MR) is 115 cm³/mol. The van der Waals surface area contributed by atoms with Crippen LogP contribution in [0.25, 0.3) is 0 Å². The zero-order chi connectivity index (χ0) is 21.1. The molecule has 0 saturated carbocycles. The van der Waals surface area contributed by atoms with Crippen molar-refractivity contribution in [1.82, 2.24) is 5.32 Å². The van der Waals surface area contributed by atoms with E-state index in [0.717, 1.165) is 27.3 Å². The summed E-state index contributed by atoms with van der Waals surface area (Å²) < 4.78 is 25.9. The van der Waals surface area contributed by atoms with E-state index >= 15 is 0 Å². The van der Waals surface area contributed by atoms with Crippen molar-refractivity contribution < 1.29 is 13.2 Å². The summed E-state index contributed by atoms with van der Waals surface area (Å²) in [5, 5.41) is 3.50. The number of sulfonamides is 1. The van der Waals surface area contributed by atoms with Gasteiger partial charge in [0, 0.05) is 5.02 Å². The van der Waals surface area contributed by atoms with Crippen molar-refractivity contribution in [2.45, 2.75) is 46.2 Å².